The Hall–Kier alpha value is -1.88. The standard InChI is InChI=1S/C18H23N3OS/c1-20(18(22)10-9-16-7-5-13-23-16)15-6-4-12-21(14-15)17-8-2-3-11-19-17/h2-3,5,7-8,11,13,15H,4,6,9-10,12,14H2,1H3/t15-/m0/s1. The predicted molar refractivity (Wildman–Crippen MR) is 94.9 cm³/mol. The molecule has 4 nitrogen and oxygen atoms in total. The monoisotopic (exact) mass is 329 g/mol. The van der Waals surface area contributed by atoms with E-state index in [4.69, 9.17) is 0 Å². The fourth-order valence-corrected chi connectivity index (χ4v) is 3.79. The van der Waals surface area contributed by atoms with Gasteiger partial charge in [-0.25, -0.2) is 4.98 Å². The molecule has 0 radical (unpaired) electrons. The van der Waals surface area contributed by atoms with E-state index in [1.165, 1.54) is 4.88 Å². The Bertz CT molecular complexity index is 614. The van der Waals surface area contributed by atoms with Crippen LogP contribution < -0.4 is 4.90 Å². The van der Waals surface area contributed by atoms with E-state index < -0.39 is 0 Å². The second-order valence-electron chi connectivity index (χ2n) is 6.01. The van der Waals surface area contributed by atoms with E-state index >= 15 is 0 Å². The van der Waals surface area contributed by atoms with Crippen molar-refractivity contribution < 1.29 is 4.79 Å². The van der Waals surface area contributed by atoms with Crippen molar-refractivity contribution in [3.05, 3.63) is 46.8 Å². The molecule has 0 saturated carbocycles. The highest BCUT2D eigenvalue weighted by atomic mass is 32.1. The van der Waals surface area contributed by atoms with Crippen LogP contribution in [0.5, 0.6) is 0 Å². The second kappa shape index (κ2) is 7.59. The fourth-order valence-electron chi connectivity index (χ4n) is 3.08. The maximum atomic E-state index is 12.5. The molecule has 5 heteroatoms. The second-order valence-corrected chi connectivity index (χ2v) is 7.05. The lowest BCUT2D eigenvalue weighted by molar-refractivity contribution is -0.132. The molecule has 23 heavy (non-hydrogen) atoms. The molecule has 0 bridgehead atoms. The molecule has 0 aromatic carbocycles. The van der Waals surface area contributed by atoms with Gasteiger partial charge in [0.25, 0.3) is 0 Å². The number of carbonyl (C=O) groups excluding carboxylic acids is 1. The molecule has 122 valence electrons. The normalized spacial score (nSPS) is 18.0. The van der Waals surface area contributed by atoms with Crippen LogP contribution in [-0.2, 0) is 11.2 Å². The van der Waals surface area contributed by atoms with E-state index in [2.05, 4.69) is 21.3 Å². The van der Waals surface area contributed by atoms with Crippen LogP contribution in [0, 0.1) is 0 Å². The van der Waals surface area contributed by atoms with Crippen molar-refractivity contribution in [1.82, 2.24) is 9.88 Å². The number of thiophene rings is 1. The molecule has 0 N–H and O–H groups in total. The molecule has 1 amide bonds. The zero-order valence-corrected chi connectivity index (χ0v) is 14.3. The summed E-state index contributed by atoms with van der Waals surface area (Å²) in [7, 11) is 1.95. The van der Waals surface area contributed by atoms with Crippen molar-refractivity contribution in [2.45, 2.75) is 31.7 Å². The summed E-state index contributed by atoms with van der Waals surface area (Å²) in [6.45, 7) is 1.89. The number of aryl methyl sites for hydroxylation is 1. The largest absolute Gasteiger partial charge is 0.355 e. The summed E-state index contributed by atoms with van der Waals surface area (Å²) in [5, 5.41) is 2.06. The van der Waals surface area contributed by atoms with Gasteiger partial charge >= 0.3 is 0 Å². The van der Waals surface area contributed by atoms with Gasteiger partial charge in [-0.1, -0.05) is 12.1 Å². The van der Waals surface area contributed by atoms with Crippen LogP contribution in [0.3, 0.4) is 0 Å². The molecule has 0 unspecified atom stereocenters. The first kappa shape index (κ1) is 16.0. The summed E-state index contributed by atoms with van der Waals surface area (Å²) in [6, 6.07) is 10.4. The Morgan fingerprint density at radius 1 is 1.39 bits per heavy atom. The quantitative estimate of drug-likeness (QED) is 0.845. The Kier molecular flexibility index (Phi) is 5.28. The number of anilines is 1. The van der Waals surface area contributed by atoms with Gasteiger partial charge in [-0.2, -0.15) is 0 Å². The number of likely N-dealkylation sites (N-methyl/N-ethyl adjacent to an activating group) is 1. The van der Waals surface area contributed by atoms with Crippen LogP contribution in [0.25, 0.3) is 0 Å². The molecule has 0 spiro atoms. The minimum Gasteiger partial charge on any atom is -0.355 e. The minimum atomic E-state index is 0.242. The van der Waals surface area contributed by atoms with Gasteiger partial charge in [0, 0.05) is 43.7 Å². The molecule has 1 fully saturated rings. The van der Waals surface area contributed by atoms with Gasteiger partial charge < -0.3 is 9.80 Å². The lowest BCUT2D eigenvalue weighted by Gasteiger charge is -2.38. The van der Waals surface area contributed by atoms with Crippen molar-refractivity contribution in [1.29, 1.82) is 0 Å². The van der Waals surface area contributed by atoms with Crippen LogP contribution in [0.4, 0.5) is 5.82 Å². The third-order valence-electron chi connectivity index (χ3n) is 4.48. The van der Waals surface area contributed by atoms with Crippen molar-refractivity contribution in [3.8, 4) is 0 Å². The molecule has 0 aliphatic carbocycles. The SMILES string of the molecule is CN(C(=O)CCc1cccs1)[C@H]1CCCN(c2ccccn2)C1. The molecular weight excluding hydrogens is 306 g/mol. The summed E-state index contributed by atoms with van der Waals surface area (Å²) < 4.78 is 0. The first-order chi connectivity index (χ1) is 11.2. The number of amides is 1. The highest BCUT2D eigenvalue weighted by molar-refractivity contribution is 7.09. The average Bonchev–Trinajstić information content (AvgIpc) is 3.13. The zero-order chi connectivity index (χ0) is 16.1. The number of rotatable bonds is 5. The average molecular weight is 329 g/mol. The lowest BCUT2D eigenvalue weighted by atomic mass is 10.0. The van der Waals surface area contributed by atoms with E-state index in [0.717, 1.165) is 38.2 Å². The zero-order valence-electron chi connectivity index (χ0n) is 13.5. The molecular formula is C18H23N3OS. The van der Waals surface area contributed by atoms with Crippen LogP contribution in [0.15, 0.2) is 41.9 Å². The van der Waals surface area contributed by atoms with Crippen molar-refractivity contribution in [2.75, 3.05) is 25.0 Å². The number of hydrogen-bond donors (Lipinski definition) is 0. The fraction of sp³-hybridized carbons (Fsp3) is 0.444. The summed E-state index contributed by atoms with van der Waals surface area (Å²) in [6.07, 6.45) is 5.44. The van der Waals surface area contributed by atoms with Gasteiger partial charge in [-0.15, -0.1) is 11.3 Å². The Morgan fingerprint density at radius 2 is 2.30 bits per heavy atom. The van der Waals surface area contributed by atoms with Gasteiger partial charge in [0.1, 0.15) is 5.82 Å². The summed E-state index contributed by atoms with van der Waals surface area (Å²) in [4.78, 5) is 22.4. The molecule has 1 atom stereocenters. The van der Waals surface area contributed by atoms with Gasteiger partial charge in [-0.05, 0) is 42.8 Å². The van der Waals surface area contributed by atoms with Gasteiger partial charge in [-0.3, -0.25) is 4.79 Å². The molecule has 1 aliphatic heterocycles. The van der Waals surface area contributed by atoms with E-state index in [9.17, 15) is 4.79 Å². The van der Waals surface area contributed by atoms with Crippen molar-refractivity contribution in [2.24, 2.45) is 0 Å². The summed E-state index contributed by atoms with van der Waals surface area (Å²) in [5.74, 6) is 1.25. The maximum absolute atomic E-state index is 12.5. The van der Waals surface area contributed by atoms with Gasteiger partial charge in [0.15, 0.2) is 0 Å². The third-order valence-corrected chi connectivity index (χ3v) is 5.41. The molecule has 3 rings (SSSR count). The molecule has 1 aliphatic rings. The molecule has 3 heterocycles. The van der Waals surface area contributed by atoms with E-state index in [1.54, 1.807) is 11.3 Å². The van der Waals surface area contributed by atoms with Crippen LogP contribution in [0.1, 0.15) is 24.1 Å². The number of nitrogens with zero attached hydrogens (tertiary/aromatic N) is 3. The summed E-state index contributed by atoms with van der Waals surface area (Å²) >= 11 is 1.72. The number of carbonyl (C=O) groups is 1. The Labute approximate surface area is 141 Å². The highest BCUT2D eigenvalue weighted by Crippen LogP contribution is 2.21. The molecule has 2 aromatic heterocycles. The Balaban J connectivity index is 1.56. The van der Waals surface area contributed by atoms with E-state index in [0.29, 0.717) is 6.42 Å². The summed E-state index contributed by atoms with van der Waals surface area (Å²) in [5.41, 5.74) is 0. The number of hydrogen-bond acceptors (Lipinski definition) is 4. The number of piperidine rings is 1. The minimum absolute atomic E-state index is 0.242. The van der Waals surface area contributed by atoms with Gasteiger partial charge in [0.2, 0.25) is 5.91 Å². The predicted octanol–water partition coefficient (Wildman–Crippen LogP) is 3.20. The lowest BCUT2D eigenvalue weighted by Crippen LogP contribution is -2.48. The smallest absolute Gasteiger partial charge is 0.222 e. The van der Waals surface area contributed by atoms with Gasteiger partial charge in [0.05, 0.1) is 0 Å². The van der Waals surface area contributed by atoms with Crippen LogP contribution in [0.2, 0.25) is 0 Å². The van der Waals surface area contributed by atoms with Crippen molar-refractivity contribution >= 4 is 23.1 Å². The first-order valence-corrected chi connectivity index (χ1v) is 9.06. The van der Waals surface area contributed by atoms with E-state index in [-0.39, 0.29) is 11.9 Å². The maximum Gasteiger partial charge on any atom is 0.222 e. The molecule has 1 saturated heterocycles. The topological polar surface area (TPSA) is 36.4 Å². The van der Waals surface area contributed by atoms with Crippen LogP contribution >= 0.6 is 11.3 Å². The number of pyridine rings is 1. The van der Waals surface area contributed by atoms with Crippen LogP contribution in [-0.4, -0.2) is 42.0 Å². The third kappa shape index (κ3) is 4.10. The molecule has 2 aromatic rings. The van der Waals surface area contributed by atoms with E-state index in [1.807, 2.05) is 42.4 Å². The number of aromatic nitrogens is 1. The Morgan fingerprint density at radius 3 is 3.04 bits per heavy atom. The first-order valence-electron chi connectivity index (χ1n) is 8.18. The highest BCUT2D eigenvalue weighted by Gasteiger charge is 2.26. The van der Waals surface area contributed by atoms with Crippen molar-refractivity contribution in [3.63, 3.8) is 0 Å².